The minimum absolute atomic E-state index is 0.0284. The van der Waals surface area contributed by atoms with Gasteiger partial charge >= 0.3 is 5.97 Å². The van der Waals surface area contributed by atoms with Gasteiger partial charge in [-0.2, -0.15) is 0 Å². The van der Waals surface area contributed by atoms with Crippen molar-refractivity contribution in [3.8, 4) is 17.2 Å². The highest BCUT2D eigenvalue weighted by Crippen LogP contribution is 2.33. The number of ether oxygens (including phenoxy) is 2. The quantitative estimate of drug-likeness (QED) is 0.257. The molecule has 0 atom stereocenters. The van der Waals surface area contributed by atoms with E-state index in [1.54, 1.807) is 18.2 Å². The summed E-state index contributed by atoms with van der Waals surface area (Å²) in [5.74, 6) is 0.215. The van der Waals surface area contributed by atoms with Gasteiger partial charge in [-0.25, -0.2) is 4.79 Å². The average Bonchev–Trinajstić information content (AvgIpc) is 2.74. The van der Waals surface area contributed by atoms with E-state index in [4.69, 9.17) is 14.6 Å². The molecule has 0 aliphatic carbocycles. The smallest absolute Gasteiger partial charge is 0.328 e. The third kappa shape index (κ3) is 7.81. The Balaban J connectivity index is 1.76. The van der Waals surface area contributed by atoms with E-state index in [-0.39, 0.29) is 11.5 Å². The van der Waals surface area contributed by atoms with Gasteiger partial charge in [-0.1, -0.05) is 25.5 Å². The molecule has 6 nitrogen and oxygen atoms in total. The maximum absolute atomic E-state index is 11.6. The molecule has 0 radical (unpaired) electrons. The summed E-state index contributed by atoms with van der Waals surface area (Å²) in [6, 6.07) is 10.7. The molecule has 2 N–H and O–H groups in total. The first-order valence-electron chi connectivity index (χ1n) is 10.5. The van der Waals surface area contributed by atoms with Crippen molar-refractivity contribution < 1.29 is 29.3 Å². The van der Waals surface area contributed by atoms with Crippen LogP contribution in [0.5, 0.6) is 17.2 Å². The van der Waals surface area contributed by atoms with Crippen LogP contribution in [0, 0.1) is 0 Å². The number of phenols is 1. The minimum Gasteiger partial charge on any atom is -0.507 e. The molecular formula is C25H30O6. The molecule has 0 saturated heterocycles. The van der Waals surface area contributed by atoms with Gasteiger partial charge in [0.15, 0.2) is 5.78 Å². The van der Waals surface area contributed by atoms with Gasteiger partial charge in [0.1, 0.15) is 17.2 Å². The Bertz CT molecular complexity index is 916. The predicted molar refractivity (Wildman–Crippen MR) is 120 cm³/mol. The van der Waals surface area contributed by atoms with Crippen molar-refractivity contribution in [2.75, 3.05) is 13.2 Å². The fraction of sp³-hybridized carbons (Fsp3) is 0.360. The van der Waals surface area contributed by atoms with E-state index in [9.17, 15) is 14.7 Å². The SMILES string of the molecule is CCCc1c(OCCCCCOc2cccc(C=CC(=O)O)c2)ccc(C(C)=O)c1O. The lowest BCUT2D eigenvalue weighted by atomic mass is 10.0. The van der Waals surface area contributed by atoms with E-state index < -0.39 is 5.97 Å². The molecule has 2 rings (SSSR count). The maximum atomic E-state index is 11.6. The van der Waals surface area contributed by atoms with Crippen LogP contribution in [-0.2, 0) is 11.2 Å². The number of carbonyl (C=O) groups excluding carboxylic acids is 1. The Morgan fingerprint density at radius 2 is 1.77 bits per heavy atom. The Kier molecular flexibility index (Phi) is 9.62. The number of ketones is 1. The second kappa shape index (κ2) is 12.4. The Morgan fingerprint density at radius 1 is 1.03 bits per heavy atom. The zero-order valence-electron chi connectivity index (χ0n) is 18.1. The molecule has 0 aliphatic heterocycles. The number of rotatable bonds is 13. The van der Waals surface area contributed by atoms with Crippen molar-refractivity contribution in [1.29, 1.82) is 0 Å². The molecule has 166 valence electrons. The molecule has 0 amide bonds. The topological polar surface area (TPSA) is 93.1 Å². The Hall–Kier alpha value is -3.28. The number of Topliss-reactive ketones (excluding diaryl/α,β-unsaturated/α-hetero) is 1. The van der Waals surface area contributed by atoms with E-state index in [0.29, 0.717) is 42.3 Å². The monoisotopic (exact) mass is 426 g/mol. The third-order valence-electron chi connectivity index (χ3n) is 4.71. The molecule has 0 bridgehead atoms. The van der Waals surface area contributed by atoms with Crippen molar-refractivity contribution in [2.24, 2.45) is 0 Å². The van der Waals surface area contributed by atoms with Crippen molar-refractivity contribution in [3.63, 3.8) is 0 Å². The average molecular weight is 427 g/mol. The highest BCUT2D eigenvalue weighted by molar-refractivity contribution is 5.97. The van der Waals surface area contributed by atoms with Crippen LogP contribution in [0.2, 0.25) is 0 Å². The highest BCUT2D eigenvalue weighted by atomic mass is 16.5. The summed E-state index contributed by atoms with van der Waals surface area (Å²) >= 11 is 0. The van der Waals surface area contributed by atoms with Crippen molar-refractivity contribution in [2.45, 2.75) is 46.0 Å². The van der Waals surface area contributed by atoms with Gasteiger partial charge < -0.3 is 19.7 Å². The lowest BCUT2D eigenvalue weighted by Gasteiger charge is -2.14. The normalized spacial score (nSPS) is 10.9. The van der Waals surface area contributed by atoms with Gasteiger partial charge in [0.2, 0.25) is 0 Å². The summed E-state index contributed by atoms with van der Waals surface area (Å²) in [6.45, 7) is 4.53. The second-order valence-electron chi connectivity index (χ2n) is 7.25. The van der Waals surface area contributed by atoms with E-state index >= 15 is 0 Å². The zero-order valence-corrected chi connectivity index (χ0v) is 18.1. The number of carboxylic acid groups (broad SMARTS) is 1. The first kappa shape index (κ1) is 24.0. The number of benzene rings is 2. The van der Waals surface area contributed by atoms with Gasteiger partial charge in [-0.05, 0) is 68.5 Å². The number of hydrogen-bond donors (Lipinski definition) is 2. The number of aliphatic carboxylic acids is 1. The lowest BCUT2D eigenvalue weighted by Crippen LogP contribution is -2.04. The molecule has 0 unspecified atom stereocenters. The summed E-state index contributed by atoms with van der Waals surface area (Å²) in [5.41, 5.74) is 1.79. The fourth-order valence-corrected chi connectivity index (χ4v) is 3.16. The van der Waals surface area contributed by atoms with E-state index in [1.165, 1.54) is 13.0 Å². The molecule has 2 aromatic carbocycles. The van der Waals surface area contributed by atoms with E-state index in [2.05, 4.69) is 0 Å². The highest BCUT2D eigenvalue weighted by Gasteiger charge is 2.15. The fourth-order valence-electron chi connectivity index (χ4n) is 3.16. The van der Waals surface area contributed by atoms with Crippen molar-refractivity contribution >= 4 is 17.8 Å². The largest absolute Gasteiger partial charge is 0.507 e. The van der Waals surface area contributed by atoms with Crippen LogP contribution in [0.1, 0.15) is 61.0 Å². The summed E-state index contributed by atoms with van der Waals surface area (Å²) in [5, 5.41) is 19.1. The van der Waals surface area contributed by atoms with Crippen LogP contribution >= 0.6 is 0 Å². The van der Waals surface area contributed by atoms with Crippen LogP contribution in [-0.4, -0.2) is 35.2 Å². The van der Waals surface area contributed by atoms with Crippen molar-refractivity contribution in [1.82, 2.24) is 0 Å². The van der Waals surface area contributed by atoms with E-state index in [0.717, 1.165) is 37.3 Å². The molecule has 6 heteroatoms. The van der Waals surface area contributed by atoms with Crippen LogP contribution in [0.4, 0.5) is 0 Å². The number of phenolic OH excluding ortho intramolecular Hbond substituents is 1. The number of aromatic hydroxyl groups is 1. The molecule has 0 saturated carbocycles. The maximum Gasteiger partial charge on any atom is 0.328 e. The lowest BCUT2D eigenvalue weighted by molar-refractivity contribution is -0.131. The van der Waals surface area contributed by atoms with Gasteiger partial charge in [-0.15, -0.1) is 0 Å². The standard InChI is InChI=1S/C25H30O6/c1-3-8-22-23(13-12-21(18(2)26)25(22)29)31-16-6-4-5-15-30-20-10-7-9-19(17-20)11-14-24(27)28/h7,9-14,17,29H,3-6,8,15-16H2,1-2H3,(H,27,28). The van der Waals surface area contributed by atoms with Gasteiger partial charge in [0.05, 0.1) is 18.8 Å². The molecule has 31 heavy (non-hydrogen) atoms. The number of carboxylic acids is 1. The molecule has 2 aromatic rings. The summed E-state index contributed by atoms with van der Waals surface area (Å²) in [7, 11) is 0. The first-order valence-corrected chi connectivity index (χ1v) is 10.5. The Labute approximate surface area is 183 Å². The van der Waals surface area contributed by atoms with Crippen molar-refractivity contribution in [3.05, 3.63) is 59.2 Å². The summed E-state index contributed by atoms with van der Waals surface area (Å²) in [4.78, 5) is 22.2. The molecule has 0 spiro atoms. The first-order chi connectivity index (χ1) is 14.9. The molecule has 0 heterocycles. The van der Waals surface area contributed by atoms with Crippen LogP contribution in [0.25, 0.3) is 6.08 Å². The number of carbonyl (C=O) groups is 2. The molecule has 0 aliphatic rings. The molecular weight excluding hydrogens is 396 g/mol. The third-order valence-corrected chi connectivity index (χ3v) is 4.71. The summed E-state index contributed by atoms with van der Waals surface area (Å²) in [6.07, 6.45) is 6.73. The zero-order chi connectivity index (χ0) is 22.6. The molecule has 0 fully saturated rings. The minimum atomic E-state index is -0.986. The van der Waals surface area contributed by atoms with Crippen LogP contribution in [0.3, 0.4) is 0 Å². The number of unbranched alkanes of at least 4 members (excludes halogenated alkanes) is 2. The predicted octanol–water partition coefficient (Wildman–Crippen LogP) is 5.27. The van der Waals surface area contributed by atoms with E-state index in [1.807, 2.05) is 25.1 Å². The van der Waals surface area contributed by atoms with Crippen LogP contribution in [0.15, 0.2) is 42.5 Å². The number of hydrogen-bond acceptors (Lipinski definition) is 5. The van der Waals surface area contributed by atoms with Gasteiger partial charge in [-0.3, -0.25) is 4.79 Å². The van der Waals surface area contributed by atoms with Gasteiger partial charge in [0, 0.05) is 11.6 Å². The molecule has 0 aromatic heterocycles. The second-order valence-corrected chi connectivity index (χ2v) is 7.25. The van der Waals surface area contributed by atoms with Crippen LogP contribution < -0.4 is 9.47 Å². The Morgan fingerprint density at radius 3 is 2.45 bits per heavy atom. The van der Waals surface area contributed by atoms with Gasteiger partial charge in [0.25, 0.3) is 0 Å². The summed E-state index contributed by atoms with van der Waals surface area (Å²) < 4.78 is 11.6.